The Morgan fingerprint density at radius 3 is 2.45 bits per heavy atom. The van der Waals surface area contributed by atoms with Crippen LogP contribution in [-0.2, 0) is 6.18 Å². The fourth-order valence-electron chi connectivity index (χ4n) is 2.03. The molecule has 0 spiro atoms. The first-order valence-electron chi connectivity index (χ1n) is 5.69. The number of hydrogen-bond donors (Lipinski definition) is 1. The number of hydrogen-bond acceptors (Lipinski definition) is 2. The first-order valence-corrected chi connectivity index (χ1v) is 5.69. The summed E-state index contributed by atoms with van der Waals surface area (Å²) in [5.41, 5.74) is -0.316. The Hall–Kier alpha value is -2.57. The summed E-state index contributed by atoms with van der Waals surface area (Å²) in [6.07, 6.45) is -1.52. The smallest absolute Gasteiger partial charge is 0.305 e. The number of imidazole rings is 1. The Bertz CT molecular complexity index is 818. The van der Waals surface area contributed by atoms with Gasteiger partial charge in [0, 0.05) is 12.4 Å². The molecule has 1 aromatic carbocycles. The molecule has 3 rings (SSSR count). The minimum absolute atomic E-state index is 0.177. The molecular formula is C13H8F3N3O. The molecule has 102 valence electrons. The normalized spacial score (nSPS) is 11.9. The van der Waals surface area contributed by atoms with Gasteiger partial charge in [0.05, 0.1) is 22.3 Å². The van der Waals surface area contributed by atoms with E-state index in [4.69, 9.17) is 0 Å². The third-order valence-electron chi connectivity index (χ3n) is 2.93. The van der Waals surface area contributed by atoms with Crippen molar-refractivity contribution in [1.29, 1.82) is 0 Å². The number of halogens is 3. The Kier molecular flexibility index (Phi) is 2.63. The van der Waals surface area contributed by atoms with Crippen LogP contribution in [0.15, 0.2) is 47.5 Å². The van der Waals surface area contributed by atoms with E-state index >= 15 is 0 Å². The van der Waals surface area contributed by atoms with E-state index in [0.717, 1.165) is 12.1 Å². The molecule has 0 bridgehead atoms. The lowest BCUT2D eigenvalue weighted by atomic mass is 10.2. The van der Waals surface area contributed by atoms with Crippen LogP contribution in [0.5, 0.6) is 0 Å². The molecular weight excluding hydrogens is 271 g/mol. The Labute approximate surface area is 110 Å². The Morgan fingerprint density at radius 1 is 1.10 bits per heavy atom. The third-order valence-corrected chi connectivity index (χ3v) is 2.93. The summed E-state index contributed by atoms with van der Waals surface area (Å²) in [6.45, 7) is 0. The van der Waals surface area contributed by atoms with Gasteiger partial charge in [0.2, 0.25) is 0 Å². The Balaban J connectivity index is 2.32. The molecule has 0 amide bonds. The maximum absolute atomic E-state index is 12.7. The number of rotatable bonds is 1. The van der Waals surface area contributed by atoms with E-state index in [9.17, 15) is 18.0 Å². The molecule has 0 saturated carbocycles. The van der Waals surface area contributed by atoms with Gasteiger partial charge in [-0.15, -0.1) is 0 Å². The van der Waals surface area contributed by atoms with Gasteiger partial charge in [-0.2, -0.15) is 13.2 Å². The van der Waals surface area contributed by atoms with Crippen LogP contribution in [-0.4, -0.2) is 14.5 Å². The number of benzene rings is 1. The summed E-state index contributed by atoms with van der Waals surface area (Å²) in [7, 11) is 0. The van der Waals surface area contributed by atoms with Crippen molar-refractivity contribution in [2.75, 3.05) is 0 Å². The number of fused-ring (bicyclic) bond motifs is 1. The van der Waals surface area contributed by atoms with Crippen LogP contribution in [0.3, 0.4) is 0 Å². The first-order chi connectivity index (χ1) is 9.47. The first kappa shape index (κ1) is 12.5. The molecule has 0 saturated heterocycles. The SMILES string of the molecule is O=c1[nH]c2ccc(C(F)(F)F)cc2n1-c1ccncc1. The largest absolute Gasteiger partial charge is 0.416 e. The molecule has 0 radical (unpaired) electrons. The minimum Gasteiger partial charge on any atom is -0.305 e. The molecule has 7 heteroatoms. The van der Waals surface area contributed by atoms with Gasteiger partial charge in [0.15, 0.2) is 0 Å². The number of nitrogens with one attached hydrogen (secondary N) is 1. The van der Waals surface area contributed by atoms with Crippen molar-refractivity contribution in [2.24, 2.45) is 0 Å². The predicted octanol–water partition coefficient (Wildman–Crippen LogP) is 2.73. The fourth-order valence-corrected chi connectivity index (χ4v) is 2.03. The molecule has 3 aromatic rings. The summed E-state index contributed by atoms with van der Waals surface area (Å²) in [4.78, 5) is 18.2. The van der Waals surface area contributed by atoms with Gasteiger partial charge in [0.25, 0.3) is 0 Å². The third kappa shape index (κ3) is 1.97. The van der Waals surface area contributed by atoms with Crippen LogP contribution in [0, 0.1) is 0 Å². The van der Waals surface area contributed by atoms with Crippen LogP contribution in [0.2, 0.25) is 0 Å². The van der Waals surface area contributed by atoms with Gasteiger partial charge < -0.3 is 4.98 Å². The average Bonchev–Trinajstić information content (AvgIpc) is 2.73. The van der Waals surface area contributed by atoms with Gasteiger partial charge in [-0.05, 0) is 30.3 Å². The number of alkyl halides is 3. The zero-order chi connectivity index (χ0) is 14.3. The van der Waals surface area contributed by atoms with Crippen LogP contribution >= 0.6 is 0 Å². The van der Waals surface area contributed by atoms with Crippen molar-refractivity contribution in [3.8, 4) is 5.69 Å². The molecule has 20 heavy (non-hydrogen) atoms. The molecule has 0 unspecified atom stereocenters. The summed E-state index contributed by atoms with van der Waals surface area (Å²) >= 11 is 0. The lowest BCUT2D eigenvalue weighted by molar-refractivity contribution is -0.137. The van der Waals surface area contributed by atoms with E-state index in [-0.39, 0.29) is 5.52 Å². The van der Waals surface area contributed by atoms with Gasteiger partial charge in [-0.25, -0.2) is 4.79 Å². The molecule has 0 aliphatic heterocycles. The summed E-state index contributed by atoms with van der Waals surface area (Å²) in [6, 6.07) is 6.24. The minimum atomic E-state index is -4.45. The molecule has 1 N–H and O–H groups in total. The summed E-state index contributed by atoms with van der Waals surface area (Å²) in [5.74, 6) is 0. The predicted molar refractivity (Wildman–Crippen MR) is 66.7 cm³/mol. The maximum Gasteiger partial charge on any atom is 0.416 e. The topological polar surface area (TPSA) is 50.7 Å². The van der Waals surface area contributed by atoms with Gasteiger partial charge in [-0.1, -0.05) is 0 Å². The van der Waals surface area contributed by atoms with Crippen LogP contribution in [0.25, 0.3) is 16.7 Å². The van der Waals surface area contributed by atoms with E-state index in [2.05, 4.69) is 9.97 Å². The molecule has 2 heterocycles. The lowest BCUT2D eigenvalue weighted by Gasteiger charge is -2.07. The quantitative estimate of drug-likeness (QED) is 0.744. The van der Waals surface area contributed by atoms with Crippen LogP contribution in [0.4, 0.5) is 13.2 Å². The van der Waals surface area contributed by atoms with E-state index in [1.165, 1.54) is 23.0 Å². The van der Waals surface area contributed by atoms with E-state index in [0.29, 0.717) is 11.2 Å². The lowest BCUT2D eigenvalue weighted by Crippen LogP contribution is -2.14. The second-order valence-corrected chi connectivity index (χ2v) is 4.20. The second-order valence-electron chi connectivity index (χ2n) is 4.20. The van der Waals surface area contributed by atoms with Crippen molar-refractivity contribution < 1.29 is 13.2 Å². The van der Waals surface area contributed by atoms with E-state index < -0.39 is 17.4 Å². The summed E-state index contributed by atoms with van der Waals surface area (Å²) in [5, 5.41) is 0. The highest BCUT2D eigenvalue weighted by Gasteiger charge is 2.31. The highest BCUT2D eigenvalue weighted by molar-refractivity contribution is 5.78. The van der Waals surface area contributed by atoms with E-state index in [1.807, 2.05) is 0 Å². The maximum atomic E-state index is 12.7. The molecule has 2 aromatic heterocycles. The number of H-pyrrole nitrogens is 1. The number of nitrogens with zero attached hydrogens (tertiary/aromatic N) is 2. The zero-order valence-corrected chi connectivity index (χ0v) is 9.98. The fraction of sp³-hybridized carbons (Fsp3) is 0.0769. The number of aromatic amines is 1. The molecule has 0 aliphatic rings. The monoisotopic (exact) mass is 279 g/mol. The second kappa shape index (κ2) is 4.22. The Morgan fingerprint density at radius 2 is 1.80 bits per heavy atom. The highest BCUT2D eigenvalue weighted by Crippen LogP contribution is 2.31. The van der Waals surface area contributed by atoms with Crippen LogP contribution in [0.1, 0.15) is 5.56 Å². The molecule has 4 nitrogen and oxygen atoms in total. The van der Waals surface area contributed by atoms with Crippen LogP contribution < -0.4 is 5.69 Å². The molecule has 0 atom stereocenters. The van der Waals surface area contributed by atoms with Crippen molar-refractivity contribution >= 4 is 11.0 Å². The van der Waals surface area contributed by atoms with Gasteiger partial charge >= 0.3 is 11.9 Å². The molecule has 0 aliphatic carbocycles. The van der Waals surface area contributed by atoms with Gasteiger partial charge in [0.1, 0.15) is 0 Å². The number of aromatic nitrogens is 3. The number of pyridine rings is 1. The average molecular weight is 279 g/mol. The van der Waals surface area contributed by atoms with Crippen molar-refractivity contribution in [2.45, 2.75) is 6.18 Å². The van der Waals surface area contributed by atoms with E-state index in [1.54, 1.807) is 12.1 Å². The van der Waals surface area contributed by atoms with Crippen molar-refractivity contribution in [1.82, 2.24) is 14.5 Å². The van der Waals surface area contributed by atoms with Crippen molar-refractivity contribution in [3.05, 3.63) is 58.8 Å². The highest BCUT2D eigenvalue weighted by atomic mass is 19.4. The standard InChI is InChI=1S/C13H8F3N3O/c14-13(15,16)8-1-2-10-11(7-8)19(12(20)18-10)9-3-5-17-6-4-9/h1-7H,(H,18,20). The molecule has 0 fully saturated rings. The van der Waals surface area contributed by atoms with Crippen molar-refractivity contribution in [3.63, 3.8) is 0 Å². The summed E-state index contributed by atoms with van der Waals surface area (Å²) < 4.78 is 39.4. The van der Waals surface area contributed by atoms with Gasteiger partial charge in [-0.3, -0.25) is 9.55 Å². The zero-order valence-electron chi connectivity index (χ0n) is 9.98.